The summed E-state index contributed by atoms with van der Waals surface area (Å²) in [4.78, 5) is 33.7. The molecule has 0 atom stereocenters. The monoisotopic (exact) mass is 265 g/mol. The minimum atomic E-state index is -0.583. The second-order valence-corrected chi connectivity index (χ2v) is 4.23. The Morgan fingerprint density at radius 1 is 1.50 bits per heavy atom. The molecule has 2 heterocycles. The SMILES string of the molecule is C=CCn1c(=O)[nH]c(=O)c2c(N)nc(SC)nc21. The summed E-state index contributed by atoms with van der Waals surface area (Å²) >= 11 is 1.28. The van der Waals surface area contributed by atoms with Gasteiger partial charge < -0.3 is 5.73 Å². The zero-order valence-corrected chi connectivity index (χ0v) is 10.5. The summed E-state index contributed by atoms with van der Waals surface area (Å²) in [5.41, 5.74) is 4.82. The van der Waals surface area contributed by atoms with Crippen molar-refractivity contribution in [3.05, 3.63) is 33.5 Å². The van der Waals surface area contributed by atoms with Gasteiger partial charge >= 0.3 is 5.69 Å². The molecule has 0 aliphatic carbocycles. The van der Waals surface area contributed by atoms with Gasteiger partial charge in [0.05, 0.1) is 0 Å². The van der Waals surface area contributed by atoms with Crippen LogP contribution in [0.15, 0.2) is 27.4 Å². The summed E-state index contributed by atoms with van der Waals surface area (Å²) in [6.07, 6.45) is 3.32. The average molecular weight is 265 g/mol. The van der Waals surface area contributed by atoms with E-state index in [9.17, 15) is 9.59 Å². The molecule has 0 saturated carbocycles. The van der Waals surface area contributed by atoms with E-state index in [-0.39, 0.29) is 23.4 Å². The van der Waals surface area contributed by atoms with Crippen molar-refractivity contribution in [2.45, 2.75) is 11.7 Å². The van der Waals surface area contributed by atoms with Crippen LogP contribution in [0.1, 0.15) is 0 Å². The first kappa shape index (κ1) is 12.4. The topological polar surface area (TPSA) is 107 Å². The van der Waals surface area contributed by atoms with Crippen molar-refractivity contribution in [1.82, 2.24) is 19.5 Å². The minimum Gasteiger partial charge on any atom is -0.383 e. The lowest BCUT2D eigenvalue weighted by molar-refractivity contribution is 0.754. The molecule has 0 bridgehead atoms. The molecule has 0 aliphatic rings. The fraction of sp³-hybridized carbons (Fsp3) is 0.200. The van der Waals surface area contributed by atoms with E-state index in [1.165, 1.54) is 22.4 Å². The number of hydrogen-bond donors (Lipinski definition) is 2. The number of nitrogens with two attached hydrogens (primary N) is 1. The minimum absolute atomic E-state index is 0.0587. The van der Waals surface area contributed by atoms with Gasteiger partial charge in [-0.05, 0) is 6.26 Å². The zero-order valence-electron chi connectivity index (χ0n) is 9.64. The van der Waals surface area contributed by atoms with E-state index in [0.29, 0.717) is 5.16 Å². The van der Waals surface area contributed by atoms with Gasteiger partial charge in [0.1, 0.15) is 11.2 Å². The van der Waals surface area contributed by atoms with Crippen molar-refractivity contribution < 1.29 is 0 Å². The van der Waals surface area contributed by atoms with E-state index in [1.54, 1.807) is 6.26 Å². The van der Waals surface area contributed by atoms with E-state index in [4.69, 9.17) is 5.73 Å². The molecule has 7 nitrogen and oxygen atoms in total. The Hall–Kier alpha value is -2.09. The fourth-order valence-corrected chi connectivity index (χ4v) is 1.94. The zero-order chi connectivity index (χ0) is 13.3. The van der Waals surface area contributed by atoms with Crippen LogP contribution in [-0.2, 0) is 6.54 Å². The Morgan fingerprint density at radius 3 is 2.83 bits per heavy atom. The lowest BCUT2D eigenvalue weighted by Crippen LogP contribution is -2.31. The van der Waals surface area contributed by atoms with Gasteiger partial charge in [0, 0.05) is 6.54 Å². The van der Waals surface area contributed by atoms with Crippen LogP contribution >= 0.6 is 11.8 Å². The van der Waals surface area contributed by atoms with Crippen LogP contribution in [-0.4, -0.2) is 25.8 Å². The number of H-pyrrole nitrogens is 1. The van der Waals surface area contributed by atoms with Crippen molar-refractivity contribution in [3.63, 3.8) is 0 Å². The Kier molecular flexibility index (Phi) is 3.19. The highest BCUT2D eigenvalue weighted by Crippen LogP contribution is 2.17. The molecule has 0 unspecified atom stereocenters. The number of aromatic amines is 1. The quantitative estimate of drug-likeness (QED) is 0.458. The van der Waals surface area contributed by atoms with Crippen LogP contribution in [0, 0.1) is 0 Å². The van der Waals surface area contributed by atoms with E-state index in [0.717, 1.165) is 0 Å². The number of allylic oxidation sites excluding steroid dienone is 1. The van der Waals surface area contributed by atoms with Crippen LogP contribution in [0.25, 0.3) is 11.0 Å². The fourth-order valence-electron chi connectivity index (χ4n) is 1.57. The second kappa shape index (κ2) is 4.65. The Morgan fingerprint density at radius 2 is 2.22 bits per heavy atom. The maximum atomic E-state index is 11.7. The molecule has 0 saturated heterocycles. The number of fused-ring (bicyclic) bond motifs is 1. The molecule has 0 radical (unpaired) electrons. The third-order valence-electron chi connectivity index (χ3n) is 2.34. The molecule has 0 aromatic carbocycles. The number of anilines is 1. The Labute approximate surface area is 106 Å². The Bertz CT molecular complexity index is 733. The number of aromatic nitrogens is 4. The standard InChI is InChI=1S/C10H11N5O2S/c1-3-4-15-7-5(8(16)14-10(15)17)6(11)12-9(13-7)18-2/h3H,1,4H2,2H3,(H2,11,12,13)(H,14,16,17). The van der Waals surface area contributed by atoms with Gasteiger partial charge in [0.25, 0.3) is 5.56 Å². The molecule has 0 spiro atoms. The molecule has 18 heavy (non-hydrogen) atoms. The third-order valence-corrected chi connectivity index (χ3v) is 2.89. The largest absolute Gasteiger partial charge is 0.383 e. The molecular formula is C10H11N5O2S. The number of nitrogens with one attached hydrogen (secondary N) is 1. The van der Waals surface area contributed by atoms with E-state index in [2.05, 4.69) is 21.5 Å². The molecule has 0 fully saturated rings. The highest BCUT2D eigenvalue weighted by Gasteiger charge is 2.13. The van der Waals surface area contributed by atoms with Gasteiger partial charge in [-0.1, -0.05) is 17.8 Å². The predicted molar refractivity (Wildman–Crippen MR) is 70.8 cm³/mol. The van der Waals surface area contributed by atoms with Crippen LogP contribution < -0.4 is 17.0 Å². The van der Waals surface area contributed by atoms with E-state index < -0.39 is 11.2 Å². The smallest absolute Gasteiger partial charge is 0.330 e. The molecule has 0 aliphatic heterocycles. The third kappa shape index (κ3) is 1.90. The maximum absolute atomic E-state index is 11.7. The van der Waals surface area contributed by atoms with Crippen LogP contribution in [0.3, 0.4) is 0 Å². The number of thioether (sulfide) groups is 1. The molecule has 2 aromatic rings. The highest BCUT2D eigenvalue weighted by molar-refractivity contribution is 7.98. The van der Waals surface area contributed by atoms with Gasteiger partial charge in [-0.2, -0.15) is 0 Å². The second-order valence-electron chi connectivity index (χ2n) is 3.45. The molecule has 2 rings (SSSR count). The highest BCUT2D eigenvalue weighted by atomic mass is 32.2. The normalized spacial score (nSPS) is 10.7. The van der Waals surface area contributed by atoms with Crippen LogP contribution in [0.2, 0.25) is 0 Å². The summed E-state index contributed by atoms with van der Waals surface area (Å²) in [5.74, 6) is 0.0587. The molecule has 3 N–H and O–H groups in total. The molecule has 8 heteroatoms. The van der Waals surface area contributed by atoms with Gasteiger partial charge in [0.2, 0.25) is 0 Å². The lowest BCUT2D eigenvalue weighted by Gasteiger charge is -2.08. The summed E-state index contributed by atoms with van der Waals surface area (Å²) < 4.78 is 1.29. The molecular weight excluding hydrogens is 254 g/mol. The van der Waals surface area contributed by atoms with Gasteiger partial charge in [-0.15, -0.1) is 6.58 Å². The number of rotatable bonds is 3. The van der Waals surface area contributed by atoms with Crippen LogP contribution in [0.4, 0.5) is 5.82 Å². The number of hydrogen-bond acceptors (Lipinski definition) is 6. The first-order valence-corrected chi connectivity index (χ1v) is 6.26. The summed E-state index contributed by atoms with van der Waals surface area (Å²) in [7, 11) is 0. The molecule has 2 aromatic heterocycles. The predicted octanol–water partition coefficient (Wildman–Crippen LogP) is -0.0301. The van der Waals surface area contributed by atoms with Gasteiger partial charge in [-0.3, -0.25) is 14.3 Å². The van der Waals surface area contributed by atoms with E-state index >= 15 is 0 Å². The molecule has 94 valence electrons. The Balaban J connectivity index is 2.99. The maximum Gasteiger partial charge on any atom is 0.330 e. The first-order chi connectivity index (χ1) is 8.58. The number of nitrogens with zero attached hydrogens (tertiary/aromatic N) is 3. The van der Waals surface area contributed by atoms with Crippen molar-refractivity contribution in [2.24, 2.45) is 0 Å². The molecule has 0 amide bonds. The average Bonchev–Trinajstić information content (AvgIpc) is 2.33. The summed E-state index contributed by atoms with van der Waals surface area (Å²) in [6.45, 7) is 3.79. The number of nitrogen functional groups attached to an aromatic ring is 1. The van der Waals surface area contributed by atoms with Crippen LogP contribution in [0.5, 0.6) is 0 Å². The van der Waals surface area contributed by atoms with Gasteiger partial charge in [0.15, 0.2) is 10.8 Å². The van der Waals surface area contributed by atoms with E-state index in [1.807, 2.05) is 0 Å². The van der Waals surface area contributed by atoms with Gasteiger partial charge in [-0.25, -0.2) is 14.8 Å². The van der Waals surface area contributed by atoms with Crippen molar-refractivity contribution in [1.29, 1.82) is 0 Å². The summed E-state index contributed by atoms with van der Waals surface area (Å²) in [6, 6.07) is 0. The lowest BCUT2D eigenvalue weighted by atomic mass is 10.3. The van der Waals surface area contributed by atoms with Crippen molar-refractivity contribution >= 4 is 28.6 Å². The summed E-state index contributed by atoms with van der Waals surface area (Å²) in [5, 5.41) is 0.525. The first-order valence-electron chi connectivity index (χ1n) is 5.03. The van der Waals surface area contributed by atoms with Crippen molar-refractivity contribution in [2.75, 3.05) is 12.0 Å². The van der Waals surface area contributed by atoms with Crippen molar-refractivity contribution in [3.8, 4) is 0 Å².